The van der Waals surface area contributed by atoms with Gasteiger partial charge in [-0.25, -0.2) is 5.43 Å². The first-order valence-electron chi connectivity index (χ1n) is 8.42. The number of carbonyl (C=O) groups excluding carboxylic acids is 1. The van der Waals surface area contributed by atoms with Crippen LogP contribution in [0.1, 0.15) is 19.4 Å². The van der Waals surface area contributed by atoms with Gasteiger partial charge in [0, 0.05) is 12.1 Å². The molecule has 0 saturated heterocycles. The van der Waals surface area contributed by atoms with Crippen molar-refractivity contribution in [3.63, 3.8) is 0 Å². The topological polar surface area (TPSA) is 69.2 Å². The molecule has 138 valence electrons. The Hall–Kier alpha value is -3.02. The van der Waals surface area contributed by atoms with Gasteiger partial charge in [0.2, 0.25) is 0 Å². The smallest absolute Gasteiger partial charge is 0.277 e. The number of benzene rings is 2. The predicted octanol–water partition coefficient (Wildman–Crippen LogP) is 3.21. The quantitative estimate of drug-likeness (QED) is 0.553. The summed E-state index contributed by atoms with van der Waals surface area (Å²) < 4.78 is 16.1. The molecule has 0 aliphatic heterocycles. The van der Waals surface area contributed by atoms with Crippen LogP contribution >= 0.6 is 0 Å². The Kier molecular flexibility index (Phi) is 7.49. The average Bonchev–Trinajstić information content (AvgIpc) is 2.66. The third kappa shape index (κ3) is 6.12. The van der Waals surface area contributed by atoms with Crippen LogP contribution in [0.25, 0.3) is 0 Å². The first-order chi connectivity index (χ1) is 12.6. The summed E-state index contributed by atoms with van der Waals surface area (Å²) in [6.07, 6.45) is 0.637. The van der Waals surface area contributed by atoms with Crippen molar-refractivity contribution in [2.75, 3.05) is 20.3 Å². The number of para-hydroxylation sites is 2. The molecule has 2 aromatic carbocycles. The largest absolute Gasteiger partial charge is 0.497 e. The Balaban J connectivity index is 1.82. The van der Waals surface area contributed by atoms with Gasteiger partial charge < -0.3 is 14.2 Å². The summed E-state index contributed by atoms with van der Waals surface area (Å²) in [7, 11) is 1.63. The lowest BCUT2D eigenvalue weighted by atomic mass is 10.1. The molecule has 0 heterocycles. The van der Waals surface area contributed by atoms with Crippen molar-refractivity contribution in [2.24, 2.45) is 5.10 Å². The van der Waals surface area contributed by atoms with Crippen LogP contribution in [0.4, 0.5) is 0 Å². The first kappa shape index (κ1) is 19.3. The molecule has 1 N–H and O–H groups in total. The van der Waals surface area contributed by atoms with Gasteiger partial charge >= 0.3 is 0 Å². The molecular weight excluding hydrogens is 332 g/mol. The molecule has 0 radical (unpaired) electrons. The van der Waals surface area contributed by atoms with Crippen LogP contribution in [-0.2, 0) is 11.2 Å². The van der Waals surface area contributed by atoms with Gasteiger partial charge in [-0.05, 0) is 43.7 Å². The van der Waals surface area contributed by atoms with Gasteiger partial charge in [-0.2, -0.15) is 5.10 Å². The molecule has 6 heteroatoms. The van der Waals surface area contributed by atoms with E-state index in [1.54, 1.807) is 19.2 Å². The molecule has 0 atom stereocenters. The van der Waals surface area contributed by atoms with Crippen LogP contribution in [0.5, 0.6) is 17.2 Å². The van der Waals surface area contributed by atoms with E-state index in [0.717, 1.165) is 17.0 Å². The number of methoxy groups -OCH3 is 1. The number of hydrogen-bond acceptors (Lipinski definition) is 5. The normalized spacial score (nSPS) is 11.0. The fourth-order valence-electron chi connectivity index (χ4n) is 2.26. The van der Waals surface area contributed by atoms with Crippen molar-refractivity contribution in [2.45, 2.75) is 20.3 Å². The van der Waals surface area contributed by atoms with E-state index < -0.39 is 0 Å². The SMILES string of the molecule is CCOc1ccccc1OCC(=O)NN=C(C)Cc1ccc(OC)cc1. The van der Waals surface area contributed by atoms with Gasteiger partial charge in [0.1, 0.15) is 5.75 Å². The van der Waals surface area contributed by atoms with E-state index in [0.29, 0.717) is 24.5 Å². The summed E-state index contributed by atoms with van der Waals surface area (Å²) in [4.78, 5) is 11.9. The highest BCUT2D eigenvalue weighted by molar-refractivity contribution is 5.86. The van der Waals surface area contributed by atoms with Crippen molar-refractivity contribution in [1.82, 2.24) is 5.43 Å². The molecule has 0 unspecified atom stereocenters. The van der Waals surface area contributed by atoms with Crippen LogP contribution in [0.15, 0.2) is 53.6 Å². The molecule has 0 aromatic heterocycles. The maximum atomic E-state index is 11.9. The standard InChI is InChI=1S/C20H24N2O4/c1-4-25-18-7-5-6-8-19(18)26-14-20(23)22-21-15(2)13-16-9-11-17(24-3)12-10-16/h5-12H,4,13-14H2,1-3H3,(H,22,23). The fourth-order valence-corrected chi connectivity index (χ4v) is 2.26. The minimum Gasteiger partial charge on any atom is -0.497 e. The van der Waals surface area contributed by atoms with Crippen molar-refractivity contribution in [3.05, 3.63) is 54.1 Å². The second-order valence-corrected chi connectivity index (χ2v) is 5.58. The number of ether oxygens (including phenoxy) is 3. The fraction of sp³-hybridized carbons (Fsp3) is 0.300. The number of hydrazone groups is 1. The number of nitrogens with zero attached hydrogens (tertiary/aromatic N) is 1. The van der Waals surface area contributed by atoms with E-state index in [4.69, 9.17) is 14.2 Å². The lowest BCUT2D eigenvalue weighted by Crippen LogP contribution is -2.25. The number of nitrogens with one attached hydrogen (secondary N) is 1. The lowest BCUT2D eigenvalue weighted by molar-refractivity contribution is -0.123. The van der Waals surface area contributed by atoms with Crippen LogP contribution in [-0.4, -0.2) is 31.9 Å². The Morgan fingerprint density at radius 2 is 1.69 bits per heavy atom. The predicted molar refractivity (Wildman–Crippen MR) is 101 cm³/mol. The van der Waals surface area contributed by atoms with Gasteiger partial charge in [0.15, 0.2) is 18.1 Å². The second kappa shape index (κ2) is 10.1. The molecule has 0 saturated carbocycles. The molecule has 26 heavy (non-hydrogen) atoms. The molecule has 0 aliphatic carbocycles. The van der Waals surface area contributed by atoms with Crippen LogP contribution in [0, 0.1) is 0 Å². The molecular formula is C20H24N2O4. The van der Waals surface area contributed by atoms with Gasteiger partial charge in [-0.3, -0.25) is 4.79 Å². The van der Waals surface area contributed by atoms with Crippen molar-refractivity contribution in [1.29, 1.82) is 0 Å². The molecule has 0 fully saturated rings. The number of amides is 1. The highest BCUT2D eigenvalue weighted by Crippen LogP contribution is 2.26. The zero-order valence-corrected chi connectivity index (χ0v) is 15.3. The number of carbonyl (C=O) groups is 1. The van der Waals surface area contributed by atoms with E-state index in [1.165, 1.54) is 0 Å². The average molecular weight is 356 g/mol. The van der Waals surface area contributed by atoms with Crippen molar-refractivity contribution >= 4 is 11.6 Å². The monoisotopic (exact) mass is 356 g/mol. The van der Waals surface area contributed by atoms with Crippen LogP contribution in [0.2, 0.25) is 0 Å². The molecule has 0 aliphatic rings. The van der Waals surface area contributed by atoms with E-state index in [9.17, 15) is 4.79 Å². The van der Waals surface area contributed by atoms with E-state index in [1.807, 2.05) is 50.2 Å². The van der Waals surface area contributed by atoms with Crippen molar-refractivity contribution in [3.8, 4) is 17.2 Å². The number of rotatable bonds is 9. The van der Waals surface area contributed by atoms with Crippen molar-refractivity contribution < 1.29 is 19.0 Å². The lowest BCUT2D eigenvalue weighted by Gasteiger charge is -2.10. The molecule has 0 bridgehead atoms. The van der Waals surface area contributed by atoms with E-state index in [2.05, 4.69) is 10.5 Å². The number of hydrogen-bond donors (Lipinski definition) is 1. The summed E-state index contributed by atoms with van der Waals surface area (Å²) in [5.41, 5.74) is 4.38. The summed E-state index contributed by atoms with van der Waals surface area (Å²) in [6, 6.07) is 15.0. The first-order valence-corrected chi connectivity index (χ1v) is 8.42. The zero-order chi connectivity index (χ0) is 18.8. The van der Waals surface area contributed by atoms with Crippen LogP contribution in [0.3, 0.4) is 0 Å². The summed E-state index contributed by atoms with van der Waals surface area (Å²) in [6.45, 7) is 4.14. The summed E-state index contributed by atoms with van der Waals surface area (Å²) in [5, 5.41) is 4.11. The van der Waals surface area contributed by atoms with Gasteiger partial charge in [-0.1, -0.05) is 24.3 Å². The molecule has 6 nitrogen and oxygen atoms in total. The Labute approximate surface area is 153 Å². The maximum Gasteiger partial charge on any atom is 0.277 e. The molecule has 2 rings (SSSR count). The van der Waals surface area contributed by atoms with E-state index in [-0.39, 0.29) is 12.5 Å². The Morgan fingerprint density at radius 1 is 1.04 bits per heavy atom. The third-order valence-electron chi connectivity index (χ3n) is 3.50. The molecule has 0 spiro atoms. The Bertz CT molecular complexity index is 742. The van der Waals surface area contributed by atoms with Gasteiger partial charge in [-0.15, -0.1) is 0 Å². The summed E-state index contributed by atoms with van der Waals surface area (Å²) in [5.74, 6) is 1.62. The highest BCUT2D eigenvalue weighted by Gasteiger charge is 2.07. The highest BCUT2D eigenvalue weighted by atomic mass is 16.5. The van der Waals surface area contributed by atoms with Gasteiger partial charge in [0.25, 0.3) is 5.91 Å². The third-order valence-corrected chi connectivity index (χ3v) is 3.50. The van der Waals surface area contributed by atoms with E-state index >= 15 is 0 Å². The summed E-state index contributed by atoms with van der Waals surface area (Å²) >= 11 is 0. The molecule has 1 amide bonds. The Morgan fingerprint density at radius 3 is 2.31 bits per heavy atom. The minimum absolute atomic E-state index is 0.136. The maximum absolute atomic E-state index is 11.9. The zero-order valence-electron chi connectivity index (χ0n) is 15.3. The van der Waals surface area contributed by atoms with Crippen LogP contribution < -0.4 is 19.6 Å². The van der Waals surface area contributed by atoms with Gasteiger partial charge in [0.05, 0.1) is 13.7 Å². The second-order valence-electron chi connectivity index (χ2n) is 5.58. The minimum atomic E-state index is -0.328. The molecule has 2 aromatic rings.